The molecule has 0 aromatic heterocycles. The van der Waals surface area contributed by atoms with Crippen LogP contribution in [0.3, 0.4) is 0 Å². The highest BCUT2D eigenvalue weighted by atomic mass is 19.1. The third-order valence-electron chi connectivity index (χ3n) is 1.45. The molecule has 1 atom stereocenters. The molecule has 1 aromatic carbocycles. The number of rotatable bonds is 2. The molecule has 0 saturated heterocycles. The van der Waals surface area contributed by atoms with Crippen LogP contribution in [0.2, 0.25) is 0 Å². The molecule has 1 N–H and O–H groups in total. The average molecular weight is 202 g/mol. The summed E-state index contributed by atoms with van der Waals surface area (Å²) in [5, 5.41) is 9.16. The Morgan fingerprint density at radius 1 is 1.36 bits per heavy atom. The van der Waals surface area contributed by atoms with Gasteiger partial charge in [-0.3, -0.25) is 4.79 Å². The fraction of sp³-hybridized carbons (Fsp3) is 0.222. The lowest BCUT2D eigenvalue weighted by Gasteiger charge is -2.10. The largest absolute Gasteiger partial charge is 0.432 e. The molecule has 76 valence electrons. The molecule has 0 saturated carbocycles. The van der Waals surface area contributed by atoms with E-state index in [0.717, 1.165) is 19.1 Å². The van der Waals surface area contributed by atoms with Crippen LogP contribution in [0.25, 0.3) is 0 Å². The lowest BCUT2D eigenvalue weighted by atomic mass is 10.2. The molecule has 3 nitrogen and oxygen atoms in total. The standard InChI is InChI=1S/C9H8F2O3/c1-5(12)14-9(13)6-2-7(10)4-8(11)3-6/h2-4,9,13H,1H3. The number of carbonyl (C=O) groups excluding carboxylic acids is 1. The van der Waals surface area contributed by atoms with Crippen LogP contribution < -0.4 is 0 Å². The predicted molar refractivity (Wildman–Crippen MR) is 43.1 cm³/mol. The van der Waals surface area contributed by atoms with Crippen molar-refractivity contribution >= 4 is 5.97 Å². The van der Waals surface area contributed by atoms with Crippen molar-refractivity contribution in [1.82, 2.24) is 0 Å². The first-order valence-corrected chi connectivity index (χ1v) is 3.80. The zero-order valence-electron chi connectivity index (χ0n) is 7.33. The topological polar surface area (TPSA) is 46.5 Å². The van der Waals surface area contributed by atoms with Gasteiger partial charge in [-0.1, -0.05) is 0 Å². The SMILES string of the molecule is CC(=O)OC(O)c1cc(F)cc(F)c1. The van der Waals surface area contributed by atoms with E-state index in [9.17, 15) is 13.6 Å². The molecule has 1 rings (SSSR count). The summed E-state index contributed by atoms with van der Waals surface area (Å²) in [5.41, 5.74) is -0.141. The third kappa shape index (κ3) is 2.77. The summed E-state index contributed by atoms with van der Waals surface area (Å²) in [7, 11) is 0. The summed E-state index contributed by atoms with van der Waals surface area (Å²) in [6.45, 7) is 1.08. The minimum absolute atomic E-state index is 0.141. The van der Waals surface area contributed by atoms with Gasteiger partial charge in [0.25, 0.3) is 0 Å². The number of esters is 1. The van der Waals surface area contributed by atoms with Crippen LogP contribution in [0.15, 0.2) is 18.2 Å². The first-order valence-electron chi connectivity index (χ1n) is 3.80. The highest BCUT2D eigenvalue weighted by Gasteiger charge is 2.12. The number of carbonyl (C=O) groups is 1. The van der Waals surface area contributed by atoms with E-state index in [1.807, 2.05) is 0 Å². The molecule has 14 heavy (non-hydrogen) atoms. The highest BCUT2D eigenvalue weighted by molar-refractivity contribution is 5.66. The van der Waals surface area contributed by atoms with Gasteiger partial charge in [0.1, 0.15) is 11.6 Å². The van der Waals surface area contributed by atoms with Crippen LogP contribution in [0.4, 0.5) is 8.78 Å². The van der Waals surface area contributed by atoms with Crippen molar-refractivity contribution in [2.75, 3.05) is 0 Å². The number of hydrogen-bond acceptors (Lipinski definition) is 3. The van der Waals surface area contributed by atoms with Gasteiger partial charge >= 0.3 is 5.97 Å². The van der Waals surface area contributed by atoms with Gasteiger partial charge in [0.15, 0.2) is 0 Å². The second-order valence-corrected chi connectivity index (χ2v) is 2.66. The van der Waals surface area contributed by atoms with E-state index >= 15 is 0 Å². The van der Waals surface area contributed by atoms with Gasteiger partial charge in [-0.25, -0.2) is 8.78 Å². The van der Waals surface area contributed by atoms with Crippen molar-refractivity contribution in [2.45, 2.75) is 13.2 Å². The number of aliphatic hydroxyl groups is 1. The van der Waals surface area contributed by atoms with E-state index in [2.05, 4.69) is 4.74 Å². The quantitative estimate of drug-likeness (QED) is 0.584. The van der Waals surface area contributed by atoms with Gasteiger partial charge in [0, 0.05) is 18.6 Å². The fourth-order valence-electron chi connectivity index (χ4n) is 0.943. The molecular weight excluding hydrogens is 194 g/mol. The maximum atomic E-state index is 12.6. The number of benzene rings is 1. The monoisotopic (exact) mass is 202 g/mol. The van der Waals surface area contributed by atoms with Crippen LogP contribution in [-0.4, -0.2) is 11.1 Å². The molecule has 0 bridgehead atoms. The lowest BCUT2D eigenvalue weighted by molar-refractivity contribution is -0.166. The fourth-order valence-corrected chi connectivity index (χ4v) is 0.943. The summed E-state index contributed by atoms with van der Waals surface area (Å²) < 4.78 is 29.6. The molecular formula is C9H8F2O3. The average Bonchev–Trinajstić information content (AvgIpc) is 2.00. The Morgan fingerprint density at radius 2 is 1.86 bits per heavy atom. The minimum atomic E-state index is -1.64. The molecule has 1 unspecified atom stereocenters. The van der Waals surface area contributed by atoms with E-state index in [1.165, 1.54) is 0 Å². The molecule has 1 aromatic rings. The van der Waals surface area contributed by atoms with E-state index in [0.29, 0.717) is 6.07 Å². The number of hydrogen-bond donors (Lipinski definition) is 1. The Bertz CT molecular complexity index is 332. The van der Waals surface area contributed by atoms with Crippen molar-refractivity contribution in [2.24, 2.45) is 0 Å². The first-order chi connectivity index (χ1) is 6.49. The van der Waals surface area contributed by atoms with E-state index in [1.54, 1.807) is 0 Å². The zero-order chi connectivity index (χ0) is 10.7. The van der Waals surface area contributed by atoms with E-state index in [-0.39, 0.29) is 5.56 Å². The van der Waals surface area contributed by atoms with Crippen LogP contribution in [0, 0.1) is 11.6 Å². The Balaban J connectivity index is 2.89. The van der Waals surface area contributed by atoms with Crippen molar-refractivity contribution in [1.29, 1.82) is 0 Å². The van der Waals surface area contributed by atoms with Gasteiger partial charge in [0.05, 0.1) is 0 Å². The van der Waals surface area contributed by atoms with Gasteiger partial charge < -0.3 is 9.84 Å². The van der Waals surface area contributed by atoms with Crippen LogP contribution >= 0.6 is 0 Å². The number of aliphatic hydroxyl groups excluding tert-OH is 1. The van der Waals surface area contributed by atoms with Crippen molar-refractivity contribution in [3.8, 4) is 0 Å². The molecule has 0 aliphatic heterocycles. The Labute approximate surface area is 78.9 Å². The number of ether oxygens (including phenoxy) is 1. The maximum Gasteiger partial charge on any atom is 0.305 e. The first kappa shape index (κ1) is 10.6. The minimum Gasteiger partial charge on any atom is -0.432 e. The Kier molecular flexibility index (Phi) is 3.14. The van der Waals surface area contributed by atoms with E-state index in [4.69, 9.17) is 5.11 Å². The van der Waals surface area contributed by atoms with Gasteiger partial charge in [-0.05, 0) is 12.1 Å². The molecule has 0 heterocycles. The molecule has 0 spiro atoms. The molecule has 0 amide bonds. The van der Waals surface area contributed by atoms with Crippen LogP contribution in [0.5, 0.6) is 0 Å². The van der Waals surface area contributed by atoms with Gasteiger partial charge in [-0.2, -0.15) is 0 Å². The Morgan fingerprint density at radius 3 is 2.29 bits per heavy atom. The summed E-state index contributed by atoms with van der Waals surface area (Å²) in [4.78, 5) is 10.4. The van der Waals surface area contributed by atoms with Crippen molar-refractivity contribution in [3.63, 3.8) is 0 Å². The maximum absolute atomic E-state index is 12.6. The molecule has 5 heteroatoms. The summed E-state index contributed by atoms with van der Waals surface area (Å²) in [6.07, 6.45) is -1.64. The summed E-state index contributed by atoms with van der Waals surface area (Å²) >= 11 is 0. The number of halogens is 2. The summed E-state index contributed by atoms with van der Waals surface area (Å²) in [6, 6.07) is 2.43. The second kappa shape index (κ2) is 4.15. The van der Waals surface area contributed by atoms with Gasteiger partial charge in [0.2, 0.25) is 6.29 Å². The molecule has 0 radical (unpaired) electrons. The van der Waals surface area contributed by atoms with E-state index < -0.39 is 23.9 Å². The molecule has 0 aliphatic rings. The zero-order valence-corrected chi connectivity index (χ0v) is 7.33. The Hall–Kier alpha value is -1.49. The highest BCUT2D eigenvalue weighted by Crippen LogP contribution is 2.17. The van der Waals surface area contributed by atoms with Crippen molar-refractivity contribution in [3.05, 3.63) is 35.4 Å². The predicted octanol–water partition coefficient (Wildman–Crippen LogP) is 1.52. The summed E-state index contributed by atoms with van der Waals surface area (Å²) in [5.74, 6) is -2.42. The normalized spacial score (nSPS) is 12.3. The smallest absolute Gasteiger partial charge is 0.305 e. The second-order valence-electron chi connectivity index (χ2n) is 2.66. The molecule has 0 fully saturated rings. The molecule has 0 aliphatic carbocycles. The van der Waals surface area contributed by atoms with Crippen LogP contribution in [-0.2, 0) is 9.53 Å². The third-order valence-corrected chi connectivity index (χ3v) is 1.45. The van der Waals surface area contributed by atoms with Gasteiger partial charge in [-0.15, -0.1) is 0 Å². The van der Waals surface area contributed by atoms with Crippen LogP contribution in [0.1, 0.15) is 18.8 Å². The lowest BCUT2D eigenvalue weighted by Crippen LogP contribution is -2.08. The van der Waals surface area contributed by atoms with Crippen molar-refractivity contribution < 1.29 is 23.4 Å².